The highest BCUT2D eigenvalue weighted by atomic mass is 32.2. The average Bonchev–Trinajstić information content (AvgIpc) is 2.64. The van der Waals surface area contributed by atoms with Crippen molar-refractivity contribution in [3.8, 4) is 0 Å². The van der Waals surface area contributed by atoms with E-state index in [9.17, 15) is 18.0 Å². The number of carbonyl (C=O) groups excluding carboxylic acids is 2. The highest BCUT2D eigenvalue weighted by molar-refractivity contribution is 7.89. The first-order valence-corrected chi connectivity index (χ1v) is 10.8. The Morgan fingerprint density at radius 3 is 2.34 bits per heavy atom. The number of hydrogen-bond acceptors (Lipinski definition) is 4. The molecule has 0 radical (unpaired) electrons. The molecule has 0 spiro atoms. The van der Waals surface area contributed by atoms with E-state index in [0.717, 1.165) is 0 Å². The minimum Gasteiger partial charge on any atom is -0.348 e. The van der Waals surface area contributed by atoms with Gasteiger partial charge in [-0.3, -0.25) is 9.59 Å². The van der Waals surface area contributed by atoms with E-state index in [2.05, 4.69) is 15.4 Å². The first-order chi connectivity index (χ1) is 13.5. The molecule has 29 heavy (non-hydrogen) atoms. The van der Waals surface area contributed by atoms with E-state index in [-0.39, 0.29) is 23.3 Å². The van der Waals surface area contributed by atoms with Crippen molar-refractivity contribution in [1.82, 2.24) is 10.0 Å². The van der Waals surface area contributed by atoms with E-state index < -0.39 is 15.6 Å². The molecular formula is C21H27N3O4S. The van der Waals surface area contributed by atoms with Crippen LogP contribution in [0.5, 0.6) is 0 Å². The van der Waals surface area contributed by atoms with Gasteiger partial charge in [0.15, 0.2) is 0 Å². The van der Waals surface area contributed by atoms with Crippen LogP contribution in [-0.4, -0.2) is 25.8 Å². The van der Waals surface area contributed by atoms with Crippen molar-refractivity contribution in [1.29, 1.82) is 0 Å². The fourth-order valence-corrected chi connectivity index (χ4v) is 4.29. The molecule has 0 bridgehead atoms. The van der Waals surface area contributed by atoms with E-state index in [0.29, 0.717) is 23.2 Å². The normalized spacial score (nSPS) is 11.7. The molecule has 0 saturated heterocycles. The minimum absolute atomic E-state index is 0.0472. The van der Waals surface area contributed by atoms with Gasteiger partial charge in [0.25, 0.3) is 5.91 Å². The van der Waals surface area contributed by atoms with Gasteiger partial charge < -0.3 is 10.6 Å². The van der Waals surface area contributed by atoms with Gasteiger partial charge in [0.1, 0.15) is 0 Å². The quantitative estimate of drug-likeness (QED) is 0.644. The SMILES string of the molecule is CCC(=O)Nc1cccc(C(=O)NCc2ccccc2S(=O)(=O)NC(C)(C)C)c1. The van der Waals surface area contributed by atoms with Crippen LogP contribution in [0.25, 0.3) is 0 Å². The highest BCUT2D eigenvalue weighted by Crippen LogP contribution is 2.18. The molecular weight excluding hydrogens is 390 g/mol. The summed E-state index contributed by atoms with van der Waals surface area (Å²) < 4.78 is 28.0. The Bertz CT molecular complexity index is 995. The fraction of sp³-hybridized carbons (Fsp3) is 0.333. The van der Waals surface area contributed by atoms with E-state index >= 15 is 0 Å². The Balaban J connectivity index is 2.16. The van der Waals surface area contributed by atoms with Gasteiger partial charge in [0.05, 0.1) is 4.90 Å². The molecule has 0 saturated carbocycles. The van der Waals surface area contributed by atoms with Crippen LogP contribution >= 0.6 is 0 Å². The topological polar surface area (TPSA) is 104 Å². The van der Waals surface area contributed by atoms with Crippen LogP contribution in [0.15, 0.2) is 53.4 Å². The molecule has 2 rings (SSSR count). The Kier molecular flexibility index (Phi) is 7.16. The van der Waals surface area contributed by atoms with Crippen molar-refractivity contribution >= 4 is 27.5 Å². The van der Waals surface area contributed by atoms with Crippen LogP contribution in [0.1, 0.15) is 50.0 Å². The predicted molar refractivity (Wildman–Crippen MR) is 113 cm³/mol. The van der Waals surface area contributed by atoms with Crippen LogP contribution in [0.4, 0.5) is 5.69 Å². The number of anilines is 1. The zero-order valence-electron chi connectivity index (χ0n) is 17.1. The monoisotopic (exact) mass is 417 g/mol. The number of benzene rings is 2. The van der Waals surface area contributed by atoms with Gasteiger partial charge in [-0.15, -0.1) is 0 Å². The summed E-state index contributed by atoms with van der Waals surface area (Å²) in [6.45, 7) is 7.08. The zero-order chi connectivity index (χ0) is 21.7. The molecule has 3 N–H and O–H groups in total. The van der Waals surface area contributed by atoms with Gasteiger partial charge in [-0.1, -0.05) is 31.2 Å². The first kappa shape index (κ1) is 22.6. The van der Waals surface area contributed by atoms with Crippen LogP contribution in [-0.2, 0) is 21.4 Å². The van der Waals surface area contributed by atoms with Crippen molar-refractivity contribution in [3.63, 3.8) is 0 Å². The van der Waals surface area contributed by atoms with E-state index in [1.807, 2.05) is 0 Å². The van der Waals surface area contributed by atoms with Crippen LogP contribution in [0.2, 0.25) is 0 Å². The van der Waals surface area contributed by atoms with Gasteiger partial charge in [0.2, 0.25) is 15.9 Å². The molecule has 7 nitrogen and oxygen atoms in total. The third-order valence-electron chi connectivity index (χ3n) is 3.87. The first-order valence-electron chi connectivity index (χ1n) is 9.32. The Morgan fingerprint density at radius 1 is 1.00 bits per heavy atom. The summed E-state index contributed by atoms with van der Waals surface area (Å²) in [5, 5.41) is 5.45. The van der Waals surface area contributed by atoms with E-state index in [1.54, 1.807) is 70.2 Å². The van der Waals surface area contributed by atoms with E-state index in [1.165, 1.54) is 6.07 Å². The summed E-state index contributed by atoms with van der Waals surface area (Å²) >= 11 is 0. The molecule has 2 aromatic carbocycles. The summed E-state index contributed by atoms with van der Waals surface area (Å²) in [6.07, 6.45) is 0.338. The lowest BCUT2D eigenvalue weighted by Gasteiger charge is -2.21. The molecule has 2 aromatic rings. The molecule has 0 unspecified atom stereocenters. The molecule has 0 atom stereocenters. The number of rotatable bonds is 7. The fourth-order valence-electron chi connectivity index (χ4n) is 2.64. The molecule has 0 aliphatic rings. The van der Waals surface area contributed by atoms with Gasteiger partial charge in [-0.25, -0.2) is 13.1 Å². The highest BCUT2D eigenvalue weighted by Gasteiger charge is 2.24. The van der Waals surface area contributed by atoms with Crippen molar-refractivity contribution in [2.24, 2.45) is 0 Å². The lowest BCUT2D eigenvalue weighted by Crippen LogP contribution is -2.41. The molecule has 2 amide bonds. The van der Waals surface area contributed by atoms with Crippen LogP contribution < -0.4 is 15.4 Å². The maximum absolute atomic E-state index is 12.7. The maximum atomic E-state index is 12.7. The summed E-state index contributed by atoms with van der Waals surface area (Å²) in [7, 11) is -3.73. The van der Waals surface area contributed by atoms with Crippen molar-refractivity contribution in [2.75, 3.05) is 5.32 Å². The third-order valence-corrected chi connectivity index (χ3v) is 5.73. The Labute approximate surface area is 172 Å². The summed E-state index contributed by atoms with van der Waals surface area (Å²) in [6, 6.07) is 13.1. The molecule has 0 aromatic heterocycles. The Morgan fingerprint density at radius 2 is 1.69 bits per heavy atom. The lowest BCUT2D eigenvalue weighted by atomic mass is 10.1. The van der Waals surface area contributed by atoms with Crippen molar-refractivity contribution < 1.29 is 18.0 Å². The zero-order valence-corrected chi connectivity index (χ0v) is 17.9. The average molecular weight is 418 g/mol. The molecule has 0 aliphatic carbocycles. The van der Waals surface area contributed by atoms with E-state index in [4.69, 9.17) is 0 Å². The van der Waals surface area contributed by atoms with Gasteiger partial charge in [0, 0.05) is 29.8 Å². The predicted octanol–water partition coefficient (Wildman–Crippen LogP) is 3.04. The standard InChI is InChI=1S/C21H27N3O4S/c1-5-19(25)23-17-11-8-10-15(13-17)20(26)22-14-16-9-6-7-12-18(16)29(27,28)24-21(2,3)4/h6-13,24H,5,14H2,1-4H3,(H,22,26)(H,23,25). The molecule has 0 aliphatic heterocycles. The largest absolute Gasteiger partial charge is 0.348 e. The second-order valence-corrected chi connectivity index (χ2v) is 9.28. The smallest absolute Gasteiger partial charge is 0.251 e. The van der Waals surface area contributed by atoms with Gasteiger partial charge in [-0.05, 0) is 50.6 Å². The van der Waals surface area contributed by atoms with Gasteiger partial charge >= 0.3 is 0 Å². The lowest BCUT2D eigenvalue weighted by molar-refractivity contribution is -0.115. The second kappa shape index (κ2) is 9.19. The van der Waals surface area contributed by atoms with Gasteiger partial charge in [-0.2, -0.15) is 0 Å². The molecule has 0 fully saturated rings. The maximum Gasteiger partial charge on any atom is 0.251 e. The summed E-state index contributed by atoms with van der Waals surface area (Å²) in [5.41, 5.74) is 0.750. The summed E-state index contributed by atoms with van der Waals surface area (Å²) in [5.74, 6) is -0.512. The van der Waals surface area contributed by atoms with Crippen molar-refractivity contribution in [3.05, 3.63) is 59.7 Å². The molecule has 8 heteroatoms. The van der Waals surface area contributed by atoms with Crippen LogP contribution in [0.3, 0.4) is 0 Å². The summed E-state index contributed by atoms with van der Waals surface area (Å²) in [4.78, 5) is 24.2. The Hall–Kier alpha value is -2.71. The number of hydrogen-bond donors (Lipinski definition) is 3. The van der Waals surface area contributed by atoms with Crippen LogP contribution in [0, 0.1) is 0 Å². The third kappa shape index (κ3) is 6.69. The number of nitrogens with one attached hydrogen (secondary N) is 3. The number of sulfonamides is 1. The minimum atomic E-state index is -3.73. The number of carbonyl (C=O) groups is 2. The second-order valence-electron chi connectivity index (χ2n) is 7.63. The molecule has 0 heterocycles. The molecule has 156 valence electrons. The van der Waals surface area contributed by atoms with Crippen molar-refractivity contribution in [2.45, 2.75) is 51.1 Å². The number of amides is 2.